The average Bonchev–Trinajstić information content (AvgIpc) is 2.47. The summed E-state index contributed by atoms with van der Waals surface area (Å²) in [4.78, 5) is 11.5. The number of aryl methyl sites for hydroxylation is 1. The lowest BCUT2D eigenvalue weighted by atomic mass is 10.1. The number of hydrogen-bond donors (Lipinski definition) is 1. The smallest absolute Gasteiger partial charge is 0.338 e. The molecule has 2 rings (SSSR count). The van der Waals surface area contributed by atoms with E-state index in [2.05, 4.69) is 24.4 Å². The first-order chi connectivity index (χ1) is 9.70. The summed E-state index contributed by atoms with van der Waals surface area (Å²) >= 11 is 0. The number of nitrogens with one attached hydrogen (secondary N) is 1. The molecule has 0 fully saturated rings. The molecule has 104 valence electrons. The first-order valence-electron chi connectivity index (χ1n) is 6.76. The number of anilines is 1. The van der Waals surface area contributed by atoms with Crippen molar-refractivity contribution in [3.8, 4) is 0 Å². The normalized spacial score (nSPS) is 10.1. The second kappa shape index (κ2) is 6.75. The van der Waals surface area contributed by atoms with E-state index in [9.17, 15) is 4.79 Å². The van der Waals surface area contributed by atoms with Gasteiger partial charge in [0.15, 0.2) is 0 Å². The van der Waals surface area contributed by atoms with E-state index < -0.39 is 0 Å². The van der Waals surface area contributed by atoms with E-state index in [1.807, 2.05) is 24.3 Å². The molecule has 0 saturated heterocycles. The van der Waals surface area contributed by atoms with Crippen LogP contribution in [0.3, 0.4) is 0 Å². The van der Waals surface area contributed by atoms with Gasteiger partial charge in [0.25, 0.3) is 0 Å². The van der Waals surface area contributed by atoms with Crippen molar-refractivity contribution in [3.63, 3.8) is 0 Å². The van der Waals surface area contributed by atoms with Gasteiger partial charge in [0, 0.05) is 12.2 Å². The molecule has 0 heterocycles. The van der Waals surface area contributed by atoms with E-state index in [0.717, 1.165) is 12.2 Å². The van der Waals surface area contributed by atoms with Crippen LogP contribution in [0.4, 0.5) is 5.69 Å². The van der Waals surface area contributed by atoms with E-state index in [0.29, 0.717) is 12.2 Å². The quantitative estimate of drug-likeness (QED) is 0.839. The average molecular weight is 269 g/mol. The van der Waals surface area contributed by atoms with Crippen LogP contribution in [0.15, 0.2) is 48.5 Å². The molecule has 0 saturated carbocycles. The van der Waals surface area contributed by atoms with Crippen LogP contribution in [0.2, 0.25) is 0 Å². The van der Waals surface area contributed by atoms with Gasteiger partial charge < -0.3 is 10.1 Å². The summed E-state index contributed by atoms with van der Waals surface area (Å²) < 4.78 is 4.95. The Morgan fingerprint density at radius 2 is 1.80 bits per heavy atom. The maximum absolute atomic E-state index is 11.5. The molecule has 0 unspecified atom stereocenters. The van der Waals surface area contributed by atoms with Crippen molar-refractivity contribution in [2.45, 2.75) is 20.4 Å². The minimum Gasteiger partial charge on any atom is -0.462 e. The van der Waals surface area contributed by atoms with Crippen LogP contribution in [0, 0.1) is 6.92 Å². The van der Waals surface area contributed by atoms with Crippen LogP contribution in [0.5, 0.6) is 0 Å². The highest BCUT2D eigenvalue weighted by molar-refractivity contribution is 5.89. The van der Waals surface area contributed by atoms with Gasteiger partial charge >= 0.3 is 5.97 Å². The molecule has 0 spiro atoms. The van der Waals surface area contributed by atoms with E-state index in [4.69, 9.17) is 4.74 Å². The minimum absolute atomic E-state index is 0.280. The highest BCUT2D eigenvalue weighted by atomic mass is 16.5. The minimum atomic E-state index is -0.280. The van der Waals surface area contributed by atoms with E-state index >= 15 is 0 Å². The zero-order chi connectivity index (χ0) is 14.4. The Morgan fingerprint density at radius 1 is 1.10 bits per heavy atom. The number of rotatable bonds is 5. The lowest BCUT2D eigenvalue weighted by Crippen LogP contribution is -2.05. The molecule has 0 aliphatic carbocycles. The maximum atomic E-state index is 11.5. The number of esters is 1. The van der Waals surface area contributed by atoms with Gasteiger partial charge in [-0.3, -0.25) is 0 Å². The lowest BCUT2D eigenvalue weighted by molar-refractivity contribution is 0.0526. The highest BCUT2D eigenvalue weighted by Gasteiger charge is 2.05. The number of hydrogen-bond acceptors (Lipinski definition) is 3. The van der Waals surface area contributed by atoms with Gasteiger partial charge in [-0.05, 0) is 49.2 Å². The summed E-state index contributed by atoms with van der Waals surface area (Å²) in [5.41, 5.74) is 4.10. The molecular weight excluding hydrogens is 250 g/mol. The van der Waals surface area contributed by atoms with Gasteiger partial charge in [0.1, 0.15) is 0 Å². The van der Waals surface area contributed by atoms with Crippen molar-refractivity contribution in [1.29, 1.82) is 0 Å². The SMILES string of the molecule is CCOC(=O)c1ccc(NCc2ccccc2C)cc1. The third-order valence-corrected chi connectivity index (χ3v) is 3.14. The van der Waals surface area contributed by atoms with Crippen LogP contribution in [0.25, 0.3) is 0 Å². The molecule has 0 amide bonds. The van der Waals surface area contributed by atoms with Gasteiger partial charge in [-0.25, -0.2) is 4.79 Å². The fourth-order valence-electron chi connectivity index (χ4n) is 1.94. The van der Waals surface area contributed by atoms with Crippen molar-refractivity contribution in [2.75, 3.05) is 11.9 Å². The van der Waals surface area contributed by atoms with Crippen molar-refractivity contribution < 1.29 is 9.53 Å². The monoisotopic (exact) mass is 269 g/mol. The molecule has 0 aromatic heterocycles. The third kappa shape index (κ3) is 3.60. The molecule has 0 aliphatic heterocycles. The summed E-state index contributed by atoms with van der Waals surface area (Å²) in [6, 6.07) is 15.6. The topological polar surface area (TPSA) is 38.3 Å². The number of benzene rings is 2. The van der Waals surface area contributed by atoms with Crippen LogP contribution >= 0.6 is 0 Å². The van der Waals surface area contributed by atoms with E-state index in [1.54, 1.807) is 19.1 Å². The Labute approximate surface area is 119 Å². The van der Waals surface area contributed by atoms with Crippen molar-refractivity contribution >= 4 is 11.7 Å². The third-order valence-electron chi connectivity index (χ3n) is 3.14. The molecule has 2 aromatic carbocycles. The molecule has 0 bridgehead atoms. The van der Waals surface area contributed by atoms with Crippen molar-refractivity contribution in [3.05, 3.63) is 65.2 Å². The Hall–Kier alpha value is -2.29. The van der Waals surface area contributed by atoms with E-state index in [-0.39, 0.29) is 5.97 Å². The molecule has 0 radical (unpaired) electrons. The van der Waals surface area contributed by atoms with Gasteiger partial charge in [-0.15, -0.1) is 0 Å². The summed E-state index contributed by atoms with van der Waals surface area (Å²) in [7, 11) is 0. The fourth-order valence-corrected chi connectivity index (χ4v) is 1.94. The van der Waals surface area contributed by atoms with Gasteiger partial charge in [0.05, 0.1) is 12.2 Å². The first-order valence-corrected chi connectivity index (χ1v) is 6.76. The van der Waals surface area contributed by atoms with Crippen molar-refractivity contribution in [1.82, 2.24) is 0 Å². The summed E-state index contributed by atoms with van der Waals surface area (Å²) in [5, 5.41) is 3.35. The molecule has 0 atom stereocenters. The maximum Gasteiger partial charge on any atom is 0.338 e. The molecule has 3 nitrogen and oxygen atoms in total. The van der Waals surface area contributed by atoms with E-state index in [1.165, 1.54) is 11.1 Å². The number of ether oxygens (including phenoxy) is 1. The van der Waals surface area contributed by atoms with Crippen LogP contribution in [0.1, 0.15) is 28.4 Å². The van der Waals surface area contributed by atoms with Crippen LogP contribution < -0.4 is 5.32 Å². The second-order valence-corrected chi connectivity index (χ2v) is 4.58. The zero-order valence-electron chi connectivity index (χ0n) is 11.8. The van der Waals surface area contributed by atoms with Crippen LogP contribution in [-0.4, -0.2) is 12.6 Å². The number of carbonyl (C=O) groups is 1. The summed E-state index contributed by atoms with van der Waals surface area (Å²) in [6.45, 7) is 5.06. The Kier molecular flexibility index (Phi) is 4.77. The first kappa shape index (κ1) is 14.1. The molecule has 0 aliphatic rings. The molecule has 1 N–H and O–H groups in total. The highest BCUT2D eigenvalue weighted by Crippen LogP contribution is 2.13. The largest absolute Gasteiger partial charge is 0.462 e. The van der Waals surface area contributed by atoms with Gasteiger partial charge in [-0.1, -0.05) is 24.3 Å². The Bertz CT molecular complexity index is 576. The Morgan fingerprint density at radius 3 is 2.45 bits per heavy atom. The van der Waals surface area contributed by atoms with Gasteiger partial charge in [-0.2, -0.15) is 0 Å². The van der Waals surface area contributed by atoms with Crippen LogP contribution in [-0.2, 0) is 11.3 Å². The van der Waals surface area contributed by atoms with Gasteiger partial charge in [0.2, 0.25) is 0 Å². The predicted octanol–water partition coefficient (Wildman–Crippen LogP) is 3.78. The Balaban J connectivity index is 1.98. The predicted molar refractivity (Wildman–Crippen MR) is 80.9 cm³/mol. The summed E-state index contributed by atoms with van der Waals surface area (Å²) in [5.74, 6) is -0.280. The molecule has 3 heteroatoms. The fraction of sp³-hybridized carbons (Fsp3) is 0.235. The number of carbonyl (C=O) groups excluding carboxylic acids is 1. The molecular formula is C17H19NO2. The molecule has 2 aromatic rings. The zero-order valence-corrected chi connectivity index (χ0v) is 11.8. The summed E-state index contributed by atoms with van der Waals surface area (Å²) in [6.07, 6.45) is 0. The standard InChI is InChI=1S/C17H19NO2/c1-3-20-17(19)14-8-10-16(11-9-14)18-12-15-7-5-4-6-13(15)2/h4-11,18H,3,12H2,1-2H3. The molecule has 20 heavy (non-hydrogen) atoms. The second-order valence-electron chi connectivity index (χ2n) is 4.58. The van der Waals surface area contributed by atoms with Crippen molar-refractivity contribution in [2.24, 2.45) is 0 Å². The lowest BCUT2D eigenvalue weighted by Gasteiger charge is -2.09.